The number of carbonyl (C=O) groups is 1. The maximum atomic E-state index is 12.3. The molecule has 7 nitrogen and oxygen atoms in total. The highest BCUT2D eigenvalue weighted by molar-refractivity contribution is 6.32. The highest BCUT2D eigenvalue weighted by Gasteiger charge is 2.13. The van der Waals surface area contributed by atoms with Crippen LogP contribution in [0, 0.1) is 0 Å². The summed E-state index contributed by atoms with van der Waals surface area (Å²) >= 11 is 6.33. The third kappa shape index (κ3) is 6.02. The Morgan fingerprint density at radius 2 is 1.83 bits per heavy atom. The molecule has 0 heterocycles. The van der Waals surface area contributed by atoms with Crippen molar-refractivity contribution in [3.05, 3.63) is 46.5 Å². The van der Waals surface area contributed by atoms with Crippen molar-refractivity contribution in [1.29, 1.82) is 0 Å². The molecule has 0 unspecified atom stereocenters. The first kappa shape index (κ1) is 22.4. The second-order valence-corrected chi connectivity index (χ2v) is 6.29. The number of rotatable bonds is 10. The Hall–Kier alpha value is -2.93. The van der Waals surface area contributed by atoms with Crippen molar-refractivity contribution in [2.24, 2.45) is 5.10 Å². The summed E-state index contributed by atoms with van der Waals surface area (Å²) in [6, 6.07) is 8.30. The number of methoxy groups -OCH3 is 2. The van der Waals surface area contributed by atoms with E-state index in [0.717, 1.165) is 6.42 Å². The van der Waals surface area contributed by atoms with E-state index in [1.807, 2.05) is 13.8 Å². The van der Waals surface area contributed by atoms with Gasteiger partial charge in [-0.05, 0) is 49.2 Å². The first-order valence-corrected chi connectivity index (χ1v) is 9.56. The Labute approximate surface area is 175 Å². The van der Waals surface area contributed by atoms with Crippen LogP contribution in [0.1, 0.15) is 36.2 Å². The van der Waals surface area contributed by atoms with Gasteiger partial charge in [-0.15, -0.1) is 0 Å². The monoisotopic (exact) mass is 420 g/mol. The van der Waals surface area contributed by atoms with E-state index >= 15 is 0 Å². The van der Waals surface area contributed by atoms with Gasteiger partial charge in [0.15, 0.2) is 23.0 Å². The molecule has 29 heavy (non-hydrogen) atoms. The van der Waals surface area contributed by atoms with Crippen molar-refractivity contribution in [3.8, 4) is 23.0 Å². The molecule has 1 amide bonds. The van der Waals surface area contributed by atoms with Crippen molar-refractivity contribution in [3.63, 3.8) is 0 Å². The van der Waals surface area contributed by atoms with Gasteiger partial charge in [0.25, 0.3) is 5.91 Å². The second-order valence-electron chi connectivity index (χ2n) is 5.88. The number of hydrogen-bond acceptors (Lipinski definition) is 6. The molecule has 0 saturated carbocycles. The van der Waals surface area contributed by atoms with Crippen LogP contribution >= 0.6 is 11.6 Å². The van der Waals surface area contributed by atoms with Gasteiger partial charge in [0, 0.05) is 5.56 Å². The minimum Gasteiger partial charge on any atom is -0.493 e. The van der Waals surface area contributed by atoms with Gasteiger partial charge in [0.2, 0.25) is 0 Å². The van der Waals surface area contributed by atoms with Gasteiger partial charge < -0.3 is 18.9 Å². The molecule has 156 valence electrons. The molecule has 0 aromatic heterocycles. The molecule has 2 aromatic carbocycles. The number of ether oxygens (including phenoxy) is 4. The molecule has 0 aliphatic heterocycles. The van der Waals surface area contributed by atoms with Gasteiger partial charge in [0.05, 0.1) is 38.7 Å². The van der Waals surface area contributed by atoms with Crippen LogP contribution in [0.2, 0.25) is 5.02 Å². The Bertz CT molecular complexity index is 870. The smallest absolute Gasteiger partial charge is 0.271 e. The highest BCUT2D eigenvalue weighted by Crippen LogP contribution is 2.36. The predicted octanol–water partition coefficient (Wildman–Crippen LogP) is 4.31. The average molecular weight is 421 g/mol. The molecule has 0 fully saturated rings. The molecular weight excluding hydrogens is 396 g/mol. The summed E-state index contributed by atoms with van der Waals surface area (Å²) in [5.74, 6) is 1.64. The molecule has 8 heteroatoms. The Kier molecular flexibility index (Phi) is 8.61. The summed E-state index contributed by atoms with van der Waals surface area (Å²) in [6.07, 6.45) is 2.34. The van der Waals surface area contributed by atoms with Crippen molar-refractivity contribution < 1.29 is 23.7 Å². The second kappa shape index (κ2) is 11.2. The first-order valence-electron chi connectivity index (χ1n) is 9.18. The van der Waals surface area contributed by atoms with Crippen LogP contribution in [-0.2, 0) is 0 Å². The zero-order valence-corrected chi connectivity index (χ0v) is 17.7. The van der Waals surface area contributed by atoms with Crippen LogP contribution in [-0.4, -0.2) is 39.6 Å². The molecule has 0 saturated heterocycles. The van der Waals surface area contributed by atoms with Crippen LogP contribution < -0.4 is 24.4 Å². The first-order chi connectivity index (χ1) is 14.0. The third-order valence-electron chi connectivity index (χ3n) is 3.81. The van der Waals surface area contributed by atoms with Crippen LogP contribution in [0.25, 0.3) is 0 Å². The summed E-state index contributed by atoms with van der Waals surface area (Å²) in [7, 11) is 3.04. The van der Waals surface area contributed by atoms with Crippen LogP contribution in [0.5, 0.6) is 23.0 Å². The van der Waals surface area contributed by atoms with Gasteiger partial charge in [-0.2, -0.15) is 5.10 Å². The SMILES string of the molecule is CCCOc1c(Cl)cc(/C=N/NC(=O)c2ccc(OC)c(OC)c2)cc1OCC. The van der Waals surface area contributed by atoms with E-state index in [1.165, 1.54) is 20.4 Å². The van der Waals surface area contributed by atoms with Gasteiger partial charge >= 0.3 is 0 Å². The largest absolute Gasteiger partial charge is 0.493 e. The molecule has 2 rings (SSSR count). The van der Waals surface area contributed by atoms with Gasteiger partial charge in [-0.25, -0.2) is 5.43 Å². The molecule has 2 aromatic rings. The standard InChI is InChI=1S/C21H25ClN2O5/c1-5-9-29-20-16(22)10-14(11-19(20)28-6-2)13-23-24-21(25)15-7-8-17(26-3)18(12-15)27-4/h7-8,10-13H,5-6,9H2,1-4H3,(H,24,25)/b23-13+. The fourth-order valence-electron chi connectivity index (χ4n) is 2.48. The van der Waals surface area contributed by atoms with E-state index in [0.29, 0.717) is 52.4 Å². The zero-order valence-electron chi connectivity index (χ0n) is 17.0. The molecule has 0 bridgehead atoms. The van der Waals surface area contributed by atoms with E-state index in [2.05, 4.69) is 10.5 Å². The van der Waals surface area contributed by atoms with Crippen LogP contribution in [0.15, 0.2) is 35.4 Å². The van der Waals surface area contributed by atoms with Gasteiger partial charge in [-0.1, -0.05) is 18.5 Å². The Morgan fingerprint density at radius 3 is 2.48 bits per heavy atom. The Balaban J connectivity index is 2.14. The maximum absolute atomic E-state index is 12.3. The van der Waals surface area contributed by atoms with Crippen LogP contribution in [0.3, 0.4) is 0 Å². The number of hydrazone groups is 1. The van der Waals surface area contributed by atoms with E-state index in [4.69, 9.17) is 30.5 Å². The van der Waals surface area contributed by atoms with Crippen molar-refractivity contribution in [2.75, 3.05) is 27.4 Å². The Morgan fingerprint density at radius 1 is 1.07 bits per heavy atom. The predicted molar refractivity (Wildman–Crippen MR) is 113 cm³/mol. The fraction of sp³-hybridized carbons (Fsp3) is 0.333. The van der Waals surface area contributed by atoms with E-state index in [1.54, 1.807) is 30.3 Å². The lowest BCUT2D eigenvalue weighted by Crippen LogP contribution is -2.17. The van der Waals surface area contributed by atoms with E-state index < -0.39 is 0 Å². The summed E-state index contributed by atoms with van der Waals surface area (Å²) in [4.78, 5) is 12.3. The molecule has 0 radical (unpaired) electrons. The van der Waals surface area contributed by atoms with E-state index in [9.17, 15) is 4.79 Å². The minimum atomic E-state index is -0.388. The third-order valence-corrected chi connectivity index (χ3v) is 4.09. The summed E-state index contributed by atoms with van der Waals surface area (Å²) in [5, 5.41) is 4.41. The number of nitrogens with zero attached hydrogens (tertiary/aromatic N) is 1. The average Bonchev–Trinajstić information content (AvgIpc) is 2.72. The summed E-state index contributed by atoms with van der Waals surface area (Å²) in [5.41, 5.74) is 3.52. The van der Waals surface area contributed by atoms with Crippen molar-refractivity contribution in [1.82, 2.24) is 5.43 Å². The van der Waals surface area contributed by atoms with Crippen molar-refractivity contribution in [2.45, 2.75) is 20.3 Å². The lowest BCUT2D eigenvalue weighted by Gasteiger charge is -2.13. The lowest BCUT2D eigenvalue weighted by atomic mass is 10.2. The minimum absolute atomic E-state index is 0.385. The lowest BCUT2D eigenvalue weighted by molar-refractivity contribution is 0.0954. The fourth-order valence-corrected chi connectivity index (χ4v) is 2.75. The molecule has 1 N–H and O–H groups in total. The highest BCUT2D eigenvalue weighted by atomic mass is 35.5. The normalized spacial score (nSPS) is 10.7. The zero-order chi connectivity index (χ0) is 21.2. The maximum Gasteiger partial charge on any atom is 0.271 e. The molecule has 0 aliphatic carbocycles. The van der Waals surface area contributed by atoms with Gasteiger partial charge in [0.1, 0.15) is 0 Å². The number of amides is 1. The quantitative estimate of drug-likeness (QED) is 0.457. The van der Waals surface area contributed by atoms with Gasteiger partial charge in [-0.3, -0.25) is 4.79 Å². The molecular formula is C21H25ClN2O5. The molecule has 0 atom stereocenters. The molecule has 0 aliphatic rings. The van der Waals surface area contributed by atoms with E-state index in [-0.39, 0.29) is 5.91 Å². The summed E-state index contributed by atoms with van der Waals surface area (Å²) < 4.78 is 21.7. The number of nitrogens with one attached hydrogen (secondary N) is 1. The number of benzene rings is 2. The van der Waals surface area contributed by atoms with Crippen LogP contribution in [0.4, 0.5) is 0 Å². The summed E-state index contributed by atoms with van der Waals surface area (Å²) in [6.45, 7) is 4.89. The number of carbonyl (C=O) groups excluding carboxylic acids is 1. The topological polar surface area (TPSA) is 78.4 Å². The molecule has 0 spiro atoms. The van der Waals surface area contributed by atoms with Crippen molar-refractivity contribution >= 4 is 23.7 Å². The number of hydrogen-bond donors (Lipinski definition) is 1. The number of halogens is 1.